The van der Waals surface area contributed by atoms with Gasteiger partial charge in [0.15, 0.2) is 0 Å². The number of nitrogens with two attached hydrogens (primary N) is 1. The van der Waals surface area contributed by atoms with E-state index in [0.717, 1.165) is 22.6 Å². The highest BCUT2D eigenvalue weighted by Crippen LogP contribution is 2.41. The molecule has 0 spiro atoms. The molecule has 0 unspecified atom stereocenters. The van der Waals surface area contributed by atoms with Crippen molar-refractivity contribution in [2.24, 2.45) is 0 Å². The van der Waals surface area contributed by atoms with E-state index < -0.39 is 0 Å². The lowest BCUT2D eigenvalue weighted by atomic mass is 10.0. The van der Waals surface area contributed by atoms with Crippen LogP contribution < -0.4 is 5.73 Å². The van der Waals surface area contributed by atoms with E-state index in [1.807, 2.05) is 18.2 Å². The van der Waals surface area contributed by atoms with Gasteiger partial charge in [-0.05, 0) is 23.8 Å². The number of benzene rings is 1. The maximum atomic E-state index is 5.90. The predicted molar refractivity (Wildman–Crippen MR) is 52.8 cm³/mol. The summed E-state index contributed by atoms with van der Waals surface area (Å²) < 4.78 is 5.43. The predicted octanol–water partition coefficient (Wildman–Crippen LogP) is 2.04. The highest BCUT2D eigenvalue weighted by atomic mass is 16.5. The maximum Gasteiger partial charge on any atom is 0.128 e. The Labute approximate surface area is 76.3 Å². The van der Waals surface area contributed by atoms with Crippen LogP contribution in [0.15, 0.2) is 30.0 Å². The molecule has 64 valence electrons. The van der Waals surface area contributed by atoms with Crippen LogP contribution in [0.2, 0.25) is 0 Å². The molecule has 0 aromatic heterocycles. The Morgan fingerprint density at radius 3 is 3.15 bits per heavy atom. The normalized spacial score (nSPS) is 17.2. The molecular weight excluding hydrogens is 162 g/mol. The summed E-state index contributed by atoms with van der Waals surface area (Å²) in [4.78, 5) is 0. The zero-order valence-corrected chi connectivity index (χ0v) is 7.08. The van der Waals surface area contributed by atoms with Crippen LogP contribution in [0.4, 0.5) is 5.69 Å². The van der Waals surface area contributed by atoms with Gasteiger partial charge in [0.25, 0.3) is 0 Å². The molecule has 2 heteroatoms. The maximum absolute atomic E-state index is 5.90. The van der Waals surface area contributed by atoms with Crippen molar-refractivity contribution in [1.82, 2.24) is 0 Å². The fourth-order valence-corrected chi connectivity index (χ4v) is 1.90. The molecule has 1 aromatic rings. The molecule has 0 fully saturated rings. The first-order valence-electron chi connectivity index (χ1n) is 4.30. The zero-order chi connectivity index (χ0) is 8.84. The van der Waals surface area contributed by atoms with Crippen LogP contribution >= 0.6 is 0 Å². The molecule has 0 atom stereocenters. The smallest absolute Gasteiger partial charge is 0.128 e. The van der Waals surface area contributed by atoms with E-state index in [2.05, 4.69) is 12.1 Å². The Hall–Kier alpha value is -1.70. The minimum absolute atomic E-state index is 0.676. The number of nitrogen functional groups attached to an aromatic ring is 1. The first kappa shape index (κ1) is 6.78. The quantitative estimate of drug-likeness (QED) is 0.606. The van der Waals surface area contributed by atoms with Crippen LogP contribution in [0, 0.1) is 0 Å². The first-order chi connectivity index (χ1) is 6.36. The van der Waals surface area contributed by atoms with Gasteiger partial charge in [-0.2, -0.15) is 0 Å². The molecule has 0 saturated heterocycles. The van der Waals surface area contributed by atoms with Crippen LogP contribution in [0.3, 0.4) is 0 Å². The van der Waals surface area contributed by atoms with Gasteiger partial charge in [-0.15, -0.1) is 0 Å². The van der Waals surface area contributed by atoms with Crippen LogP contribution in [-0.4, -0.2) is 6.61 Å². The Balaban J connectivity index is 2.32. The van der Waals surface area contributed by atoms with Gasteiger partial charge in [-0.25, -0.2) is 0 Å². The number of ether oxygens (including phenoxy) is 1. The van der Waals surface area contributed by atoms with Gasteiger partial charge in [0.1, 0.15) is 12.4 Å². The molecule has 13 heavy (non-hydrogen) atoms. The zero-order valence-electron chi connectivity index (χ0n) is 7.08. The number of fused-ring (bicyclic) bond motifs is 3. The molecule has 1 aliphatic heterocycles. The van der Waals surface area contributed by atoms with Crippen molar-refractivity contribution < 1.29 is 4.74 Å². The van der Waals surface area contributed by atoms with Crippen molar-refractivity contribution >= 4 is 17.3 Å². The van der Waals surface area contributed by atoms with Crippen molar-refractivity contribution in [2.75, 3.05) is 12.3 Å². The molecule has 0 amide bonds. The Morgan fingerprint density at radius 1 is 1.31 bits per heavy atom. The molecule has 3 rings (SSSR count). The number of hydrogen-bond acceptors (Lipinski definition) is 2. The molecule has 2 N–H and O–H groups in total. The van der Waals surface area contributed by atoms with E-state index in [0.29, 0.717) is 6.61 Å². The Bertz CT molecular complexity index is 443. The standard InChI is InChI=1S/C11H9NO/c12-9-3-1-2-7-6-10-8(11(7)9)4-5-13-10/h1-4,6H,5,12H2. The van der Waals surface area contributed by atoms with Crippen molar-refractivity contribution in [2.45, 2.75) is 0 Å². The van der Waals surface area contributed by atoms with E-state index in [1.54, 1.807) is 0 Å². The van der Waals surface area contributed by atoms with Gasteiger partial charge in [0.05, 0.1) is 0 Å². The third-order valence-electron chi connectivity index (χ3n) is 2.48. The highest BCUT2D eigenvalue weighted by molar-refractivity contribution is 5.98. The lowest BCUT2D eigenvalue weighted by molar-refractivity contribution is 0.284. The second kappa shape index (κ2) is 2.16. The molecule has 0 bridgehead atoms. The topological polar surface area (TPSA) is 35.2 Å². The largest absolute Gasteiger partial charge is 0.489 e. The summed E-state index contributed by atoms with van der Waals surface area (Å²) in [7, 11) is 0. The summed E-state index contributed by atoms with van der Waals surface area (Å²) in [6, 6.07) is 5.95. The summed E-state index contributed by atoms with van der Waals surface area (Å²) in [6.07, 6.45) is 4.12. The Morgan fingerprint density at radius 2 is 2.23 bits per heavy atom. The second-order valence-corrected chi connectivity index (χ2v) is 3.25. The van der Waals surface area contributed by atoms with Crippen LogP contribution in [0.5, 0.6) is 0 Å². The van der Waals surface area contributed by atoms with Gasteiger partial charge in [0.2, 0.25) is 0 Å². The van der Waals surface area contributed by atoms with E-state index in [1.165, 1.54) is 5.56 Å². The van der Waals surface area contributed by atoms with Gasteiger partial charge in [-0.1, -0.05) is 12.1 Å². The van der Waals surface area contributed by atoms with Crippen molar-refractivity contribution in [1.29, 1.82) is 0 Å². The minimum Gasteiger partial charge on any atom is -0.489 e. The van der Waals surface area contributed by atoms with E-state index in [-0.39, 0.29) is 0 Å². The first-order valence-corrected chi connectivity index (χ1v) is 4.30. The monoisotopic (exact) mass is 171 g/mol. The molecule has 1 aromatic carbocycles. The second-order valence-electron chi connectivity index (χ2n) is 3.25. The SMILES string of the molecule is Nc1cccc2c1C1=CCOC1=C2. The van der Waals surface area contributed by atoms with Gasteiger partial charge >= 0.3 is 0 Å². The van der Waals surface area contributed by atoms with Gasteiger partial charge in [0, 0.05) is 16.8 Å². The molecule has 1 heterocycles. The molecule has 2 aliphatic rings. The summed E-state index contributed by atoms with van der Waals surface area (Å²) in [6.45, 7) is 0.676. The summed E-state index contributed by atoms with van der Waals surface area (Å²) in [5, 5.41) is 0. The molecular formula is C11H9NO. The van der Waals surface area contributed by atoms with Crippen molar-refractivity contribution in [3.8, 4) is 0 Å². The van der Waals surface area contributed by atoms with E-state index in [9.17, 15) is 0 Å². The lowest BCUT2D eigenvalue weighted by Crippen LogP contribution is -1.92. The molecule has 1 aliphatic carbocycles. The average Bonchev–Trinajstić information content (AvgIpc) is 2.62. The lowest BCUT2D eigenvalue weighted by Gasteiger charge is -2.03. The van der Waals surface area contributed by atoms with Crippen molar-refractivity contribution in [3.05, 3.63) is 41.2 Å². The number of hydrogen-bond donors (Lipinski definition) is 1. The Kier molecular flexibility index (Phi) is 1.13. The molecule has 0 saturated carbocycles. The van der Waals surface area contributed by atoms with Crippen LogP contribution in [-0.2, 0) is 4.74 Å². The fraction of sp³-hybridized carbons (Fsp3) is 0.0909. The number of anilines is 1. The van der Waals surface area contributed by atoms with E-state index in [4.69, 9.17) is 10.5 Å². The number of rotatable bonds is 0. The fourth-order valence-electron chi connectivity index (χ4n) is 1.90. The van der Waals surface area contributed by atoms with Crippen molar-refractivity contribution in [3.63, 3.8) is 0 Å². The molecule has 2 nitrogen and oxygen atoms in total. The summed E-state index contributed by atoms with van der Waals surface area (Å²) in [5.41, 5.74) is 10.2. The highest BCUT2D eigenvalue weighted by Gasteiger charge is 2.24. The summed E-state index contributed by atoms with van der Waals surface area (Å²) >= 11 is 0. The van der Waals surface area contributed by atoms with Crippen LogP contribution in [0.1, 0.15) is 11.1 Å². The third-order valence-corrected chi connectivity index (χ3v) is 2.48. The van der Waals surface area contributed by atoms with E-state index >= 15 is 0 Å². The number of allylic oxidation sites excluding steroid dienone is 1. The van der Waals surface area contributed by atoms with Gasteiger partial charge < -0.3 is 10.5 Å². The minimum atomic E-state index is 0.676. The average molecular weight is 171 g/mol. The third kappa shape index (κ3) is 0.773. The molecule has 0 radical (unpaired) electrons. The van der Waals surface area contributed by atoms with Gasteiger partial charge in [-0.3, -0.25) is 0 Å². The van der Waals surface area contributed by atoms with Crippen LogP contribution in [0.25, 0.3) is 11.6 Å². The summed E-state index contributed by atoms with van der Waals surface area (Å²) in [5.74, 6) is 0.966.